The molecule has 9 nitrogen and oxygen atoms in total. The highest BCUT2D eigenvalue weighted by Gasteiger charge is 2.29. The van der Waals surface area contributed by atoms with Gasteiger partial charge < -0.3 is 10.0 Å². The first-order valence-corrected chi connectivity index (χ1v) is 4.63. The Morgan fingerprint density at radius 1 is 1.17 bits per heavy atom. The Balaban J connectivity index is 3.71. The maximum atomic E-state index is 10.8. The number of anilines is 1. The van der Waals surface area contributed by atoms with Crippen LogP contribution in [0, 0.1) is 20.2 Å². The van der Waals surface area contributed by atoms with Crippen molar-refractivity contribution in [1.82, 2.24) is 0 Å². The minimum Gasteiger partial charge on any atom is -0.478 e. The molecule has 1 N–H and O–H groups in total. The zero-order valence-corrected chi connectivity index (χ0v) is 9.48. The van der Waals surface area contributed by atoms with Crippen LogP contribution in [0.15, 0.2) is 12.1 Å². The van der Waals surface area contributed by atoms with E-state index in [1.807, 2.05) is 0 Å². The van der Waals surface area contributed by atoms with Crippen molar-refractivity contribution in [2.24, 2.45) is 0 Å². The molecule has 0 bridgehead atoms. The summed E-state index contributed by atoms with van der Waals surface area (Å²) in [6.45, 7) is 0. The van der Waals surface area contributed by atoms with Gasteiger partial charge in [0.2, 0.25) is 0 Å². The van der Waals surface area contributed by atoms with Gasteiger partial charge in [-0.25, -0.2) is 4.79 Å². The average Bonchev–Trinajstić information content (AvgIpc) is 2.26. The van der Waals surface area contributed by atoms with Gasteiger partial charge in [-0.15, -0.1) is 0 Å². The quantitative estimate of drug-likeness (QED) is 0.633. The third-order valence-corrected chi connectivity index (χ3v) is 2.16. The molecule has 0 atom stereocenters. The summed E-state index contributed by atoms with van der Waals surface area (Å²) in [5.74, 6) is -1.47. The van der Waals surface area contributed by atoms with Crippen LogP contribution >= 0.6 is 0 Å². The highest BCUT2D eigenvalue weighted by atomic mass is 16.6. The normalized spacial score (nSPS) is 9.89. The number of rotatable bonds is 4. The maximum Gasteiger partial charge on any atom is 0.336 e. The van der Waals surface area contributed by atoms with Crippen LogP contribution in [0.3, 0.4) is 0 Å². The first-order chi connectivity index (χ1) is 8.25. The number of nitrogens with zero attached hydrogens (tertiary/aromatic N) is 3. The number of carbonyl (C=O) groups is 1. The van der Waals surface area contributed by atoms with E-state index in [1.165, 1.54) is 19.0 Å². The Morgan fingerprint density at radius 3 is 1.78 bits per heavy atom. The van der Waals surface area contributed by atoms with Crippen molar-refractivity contribution < 1.29 is 19.7 Å². The third kappa shape index (κ3) is 2.34. The van der Waals surface area contributed by atoms with Crippen molar-refractivity contribution in [2.75, 3.05) is 19.0 Å². The van der Waals surface area contributed by atoms with Crippen molar-refractivity contribution >= 4 is 23.0 Å². The van der Waals surface area contributed by atoms with Crippen LogP contribution in [0.2, 0.25) is 0 Å². The average molecular weight is 255 g/mol. The van der Waals surface area contributed by atoms with E-state index in [4.69, 9.17) is 5.11 Å². The van der Waals surface area contributed by atoms with Gasteiger partial charge in [-0.2, -0.15) is 0 Å². The molecule has 0 aromatic heterocycles. The van der Waals surface area contributed by atoms with Gasteiger partial charge in [0.25, 0.3) is 0 Å². The largest absolute Gasteiger partial charge is 0.478 e. The minimum atomic E-state index is -1.47. The van der Waals surface area contributed by atoms with E-state index in [-0.39, 0.29) is 5.69 Å². The molecule has 0 aliphatic rings. The molecule has 9 heteroatoms. The van der Waals surface area contributed by atoms with E-state index in [0.717, 1.165) is 12.1 Å². The van der Waals surface area contributed by atoms with Gasteiger partial charge in [0.05, 0.1) is 15.4 Å². The Bertz CT molecular complexity index is 504. The molecule has 0 radical (unpaired) electrons. The van der Waals surface area contributed by atoms with Gasteiger partial charge in [-0.05, 0) is 0 Å². The Labute approximate surface area is 101 Å². The van der Waals surface area contributed by atoms with Crippen molar-refractivity contribution in [3.63, 3.8) is 0 Å². The summed E-state index contributed by atoms with van der Waals surface area (Å²) in [5, 5.41) is 30.4. The number of carboxylic acids is 1. The molecule has 18 heavy (non-hydrogen) atoms. The number of aromatic carboxylic acids is 1. The predicted molar refractivity (Wildman–Crippen MR) is 61.0 cm³/mol. The zero-order valence-electron chi connectivity index (χ0n) is 9.48. The molecular formula is C9H9N3O6. The lowest BCUT2D eigenvalue weighted by molar-refractivity contribution is -0.392. The van der Waals surface area contributed by atoms with Crippen LogP contribution in [-0.4, -0.2) is 35.0 Å². The summed E-state index contributed by atoms with van der Waals surface area (Å²) in [6, 6.07) is 1.59. The van der Waals surface area contributed by atoms with Gasteiger partial charge in [0.1, 0.15) is 0 Å². The number of benzene rings is 1. The SMILES string of the molecule is CN(C)c1c([N+](=O)[O-])cc(C(=O)O)cc1[N+](=O)[O-]. The van der Waals surface area contributed by atoms with Gasteiger partial charge in [0.15, 0.2) is 5.69 Å². The molecule has 0 aliphatic heterocycles. The van der Waals surface area contributed by atoms with E-state index in [2.05, 4.69) is 0 Å². The summed E-state index contributed by atoms with van der Waals surface area (Å²) >= 11 is 0. The Hall–Kier alpha value is -2.71. The van der Waals surface area contributed by atoms with Crippen molar-refractivity contribution in [3.05, 3.63) is 37.9 Å². The van der Waals surface area contributed by atoms with Crippen LogP contribution < -0.4 is 4.90 Å². The molecule has 1 aromatic rings. The summed E-state index contributed by atoms with van der Waals surface area (Å²) < 4.78 is 0. The lowest BCUT2D eigenvalue weighted by Crippen LogP contribution is -2.14. The molecule has 0 fully saturated rings. The molecule has 0 heterocycles. The van der Waals surface area contributed by atoms with E-state index in [9.17, 15) is 25.0 Å². The fourth-order valence-corrected chi connectivity index (χ4v) is 1.46. The summed E-state index contributed by atoms with van der Waals surface area (Å²) in [4.78, 5) is 31.9. The Morgan fingerprint density at radius 2 is 1.56 bits per heavy atom. The monoisotopic (exact) mass is 255 g/mol. The number of carboxylic acid groups (broad SMARTS) is 1. The highest BCUT2D eigenvalue weighted by Crippen LogP contribution is 2.37. The number of hydrogen-bond acceptors (Lipinski definition) is 6. The van der Waals surface area contributed by atoms with E-state index in [0.29, 0.717) is 0 Å². The highest BCUT2D eigenvalue weighted by molar-refractivity contribution is 5.92. The van der Waals surface area contributed by atoms with Crippen LogP contribution in [-0.2, 0) is 0 Å². The molecule has 0 spiro atoms. The van der Waals surface area contributed by atoms with E-state index in [1.54, 1.807) is 0 Å². The van der Waals surface area contributed by atoms with Crippen molar-refractivity contribution in [3.8, 4) is 0 Å². The standard InChI is InChI=1S/C9H9N3O6/c1-10(2)8-6(11(15)16)3-5(9(13)14)4-7(8)12(17)18/h3-4H,1-2H3,(H,13,14). The molecule has 0 saturated carbocycles. The van der Waals surface area contributed by atoms with Crippen LogP contribution in [0.5, 0.6) is 0 Å². The van der Waals surface area contributed by atoms with Crippen LogP contribution in [0.4, 0.5) is 17.1 Å². The maximum absolute atomic E-state index is 10.8. The first kappa shape index (κ1) is 13.4. The number of nitro groups is 2. The van der Waals surface area contributed by atoms with E-state index >= 15 is 0 Å². The van der Waals surface area contributed by atoms with Gasteiger partial charge in [-0.1, -0.05) is 0 Å². The lowest BCUT2D eigenvalue weighted by atomic mass is 10.1. The van der Waals surface area contributed by atoms with Crippen molar-refractivity contribution in [2.45, 2.75) is 0 Å². The number of nitro benzene ring substituents is 2. The lowest BCUT2D eigenvalue weighted by Gasteiger charge is -2.13. The number of hydrogen-bond donors (Lipinski definition) is 1. The molecule has 0 aliphatic carbocycles. The van der Waals surface area contributed by atoms with Crippen LogP contribution in [0.25, 0.3) is 0 Å². The van der Waals surface area contributed by atoms with Crippen LogP contribution in [0.1, 0.15) is 10.4 Å². The fraction of sp³-hybridized carbons (Fsp3) is 0.222. The third-order valence-electron chi connectivity index (χ3n) is 2.16. The molecule has 0 unspecified atom stereocenters. The summed E-state index contributed by atoms with van der Waals surface area (Å²) in [6.07, 6.45) is 0. The van der Waals surface area contributed by atoms with E-state index < -0.39 is 32.8 Å². The Kier molecular flexibility index (Phi) is 3.45. The van der Waals surface area contributed by atoms with Crippen molar-refractivity contribution in [1.29, 1.82) is 0 Å². The zero-order chi connectivity index (χ0) is 14.0. The molecule has 96 valence electrons. The second-order valence-electron chi connectivity index (χ2n) is 3.58. The molecule has 0 amide bonds. The molecule has 1 aromatic carbocycles. The summed E-state index contributed by atoms with van der Waals surface area (Å²) in [7, 11) is 2.80. The molecular weight excluding hydrogens is 246 g/mol. The van der Waals surface area contributed by atoms with Gasteiger partial charge in [0, 0.05) is 26.2 Å². The molecule has 0 saturated heterocycles. The van der Waals surface area contributed by atoms with Gasteiger partial charge >= 0.3 is 17.3 Å². The minimum absolute atomic E-state index is 0.241. The van der Waals surface area contributed by atoms with Gasteiger partial charge in [-0.3, -0.25) is 20.2 Å². The first-order valence-electron chi connectivity index (χ1n) is 4.63. The topological polar surface area (TPSA) is 127 Å². The second kappa shape index (κ2) is 4.65. The smallest absolute Gasteiger partial charge is 0.336 e. The summed E-state index contributed by atoms with van der Waals surface area (Å²) in [5.41, 5.74) is -1.98. The predicted octanol–water partition coefficient (Wildman–Crippen LogP) is 1.27. The molecule has 1 rings (SSSR count). The second-order valence-corrected chi connectivity index (χ2v) is 3.58. The fourth-order valence-electron chi connectivity index (χ4n) is 1.46.